The summed E-state index contributed by atoms with van der Waals surface area (Å²) in [5.41, 5.74) is 0. The minimum Gasteiger partial charge on any atom is -0.465 e. The highest BCUT2D eigenvalue weighted by Crippen LogP contribution is 1.87. The van der Waals surface area contributed by atoms with Gasteiger partial charge in [-0.25, -0.2) is 9.59 Å². The Labute approximate surface area is 58.2 Å². The second-order valence-corrected chi connectivity index (χ2v) is 1.50. The van der Waals surface area contributed by atoms with E-state index in [9.17, 15) is 9.59 Å². The molecule has 0 aliphatic carbocycles. The summed E-state index contributed by atoms with van der Waals surface area (Å²) < 4.78 is 4.09. The molecule has 0 aromatic rings. The van der Waals surface area contributed by atoms with Gasteiger partial charge < -0.3 is 9.84 Å². The molecule has 0 aromatic carbocycles. The lowest BCUT2D eigenvalue weighted by atomic mass is 10.6. The highest BCUT2D eigenvalue weighted by Gasteiger charge is 2.07. The molecular formula is C5H8NO4. The monoisotopic (exact) mass is 146 g/mol. The molecule has 0 saturated carbocycles. The molecular weight excluding hydrogens is 138 g/mol. The van der Waals surface area contributed by atoms with Gasteiger partial charge in [-0.05, 0) is 6.92 Å². The molecule has 0 spiro atoms. The summed E-state index contributed by atoms with van der Waals surface area (Å²) in [4.78, 5) is 20.6. The van der Waals surface area contributed by atoms with Gasteiger partial charge in [-0.1, -0.05) is 0 Å². The van der Waals surface area contributed by atoms with E-state index in [4.69, 9.17) is 5.11 Å². The Morgan fingerprint density at radius 1 is 1.80 bits per heavy atom. The number of hydrogen-bond acceptors (Lipinski definition) is 3. The number of ether oxygens (including phenoxy) is 1. The van der Waals surface area contributed by atoms with Crippen molar-refractivity contribution < 1.29 is 19.4 Å². The molecule has 0 bridgehead atoms. The van der Waals surface area contributed by atoms with Crippen molar-refractivity contribution in [3.63, 3.8) is 0 Å². The van der Waals surface area contributed by atoms with Gasteiger partial charge in [-0.2, -0.15) is 0 Å². The number of carbonyl (C=O) groups excluding carboxylic acids is 1. The average Bonchev–Trinajstić information content (AvgIpc) is 1.89. The fraction of sp³-hybridized carbons (Fsp3) is 0.600. The van der Waals surface area contributed by atoms with Crippen LogP contribution in [0, 0.1) is 0 Å². The Balaban J connectivity index is 3.60. The van der Waals surface area contributed by atoms with Crippen molar-refractivity contribution in [1.82, 2.24) is 4.90 Å². The first-order chi connectivity index (χ1) is 4.72. The van der Waals surface area contributed by atoms with E-state index in [0.29, 0.717) is 0 Å². The summed E-state index contributed by atoms with van der Waals surface area (Å²) in [5.74, 6) is 0. The highest BCUT2D eigenvalue weighted by molar-refractivity contribution is 5.64. The Morgan fingerprint density at radius 2 is 2.40 bits per heavy atom. The maximum absolute atomic E-state index is 10.2. The molecule has 0 saturated heterocycles. The van der Waals surface area contributed by atoms with Crippen molar-refractivity contribution in [2.45, 2.75) is 6.92 Å². The molecule has 0 aliphatic heterocycles. The quantitative estimate of drug-likeness (QED) is 0.568. The molecule has 1 amide bonds. The summed E-state index contributed by atoms with van der Waals surface area (Å²) in [6, 6.07) is 0. The van der Waals surface area contributed by atoms with Crippen molar-refractivity contribution in [3.8, 4) is 0 Å². The van der Waals surface area contributed by atoms with Crippen LogP contribution < -0.4 is 0 Å². The maximum Gasteiger partial charge on any atom is 0.419 e. The number of hydrogen-bond donors (Lipinski definition) is 1. The largest absolute Gasteiger partial charge is 0.465 e. The lowest BCUT2D eigenvalue weighted by Gasteiger charge is -2.13. The van der Waals surface area contributed by atoms with Crippen LogP contribution in [0.2, 0.25) is 0 Å². The molecule has 5 heteroatoms. The van der Waals surface area contributed by atoms with Crippen LogP contribution in [0.3, 0.4) is 0 Å². The van der Waals surface area contributed by atoms with E-state index in [0.717, 1.165) is 11.4 Å². The molecule has 0 aliphatic rings. The lowest BCUT2D eigenvalue weighted by molar-refractivity contribution is 0.0954. The maximum atomic E-state index is 10.2. The van der Waals surface area contributed by atoms with Crippen LogP contribution in [0.25, 0.3) is 0 Å². The Morgan fingerprint density at radius 3 is 2.70 bits per heavy atom. The molecule has 0 rings (SSSR count). The van der Waals surface area contributed by atoms with E-state index in [-0.39, 0.29) is 13.3 Å². The van der Waals surface area contributed by atoms with Gasteiger partial charge in [0.15, 0.2) is 6.73 Å². The summed E-state index contributed by atoms with van der Waals surface area (Å²) >= 11 is 0. The molecule has 10 heavy (non-hydrogen) atoms. The summed E-state index contributed by atoms with van der Waals surface area (Å²) in [6.45, 7) is 2.81. The van der Waals surface area contributed by atoms with Gasteiger partial charge >= 0.3 is 12.6 Å². The molecule has 0 aromatic heterocycles. The van der Waals surface area contributed by atoms with E-state index >= 15 is 0 Å². The number of carboxylic acid groups (broad SMARTS) is 1. The van der Waals surface area contributed by atoms with Crippen LogP contribution in [0.4, 0.5) is 4.79 Å². The Kier molecular flexibility index (Phi) is 4.02. The zero-order valence-corrected chi connectivity index (χ0v) is 5.53. The lowest BCUT2D eigenvalue weighted by Crippen LogP contribution is -2.31. The van der Waals surface area contributed by atoms with Crippen molar-refractivity contribution >= 4 is 12.6 Å². The third kappa shape index (κ3) is 2.91. The highest BCUT2D eigenvalue weighted by atomic mass is 16.5. The first kappa shape index (κ1) is 8.74. The molecule has 0 heterocycles. The van der Waals surface area contributed by atoms with Gasteiger partial charge in [0, 0.05) is 6.54 Å². The zero-order valence-electron chi connectivity index (χ0n) is 5.53. The fourth-order valence-electron chi connectivity index (χ4n) is 0.386. The minimum absolute atomic E-state index is 0.255. The Hall–Kier alpha value is -1.26. The van der Waals surface area contributed by atoms with E-state index in [2.05, 4.69) is 4.74 Å². The summed E-state index contributed by atoms with van der Waals surface area (Å²) in [5, 5.41) is 8.32. The van der Waals surface area contributed by atoms with E-state index in [1.54, 1.807) is 6.92 Å². The first-order valence-corrected chi connectivity index (χ1v) is 2.69. The van der Waals surface area contributed by atoms with Crippen LogP contribution in [0.15, 0.2) is 0 Å². The molecule has 57 valence electrons. The molecule has 0 fully saturated rings. The van der Waals surface area contributed by atoms with E-state index in [1.165, 1.54) is 0 Å². The predicted molar refractivity (Wildman–Crippen MR) is 32.1 cm³/mol. The molecule has 0 atom stereocenters. The smallest absolute Gasteiger partial charge is 0.419 e. The average molecular weight is 146 g/mol. The second-order valence-electron chi connectivity index (χ2n) is 1.50. The molecule has 0 unspecified atom stereocenters. The number of rotatable bonds is 4. The topological polar surface area (TPSA) is 66.8 Å². The van der Waals surface area contributed by atoms with Crippen LogP contribution in [-0.2, 0) is 9.53 Å². The summed E-state index contributed by atoms with van der Waals surface area (Å²) in [7, 11) is 0. The standard InChI is InChI=1S/C5H8NO4/c1-2-6(5(8)9)3-10-4-7/h2-3H2,1H3,(H,8,9). The van der Waals surface area contributed by atoms with Crippen LogP contribution in [0.5, 0.6) is 0 Å². The van der Waals surface area contributed by atoms with Gasteiger partial charge in [0.25, 0.3) is 0 Å². The SMILES string of the molecule is CCN(CO[C]=O)C(=O)O. The molecule has 5 nitrogen and oxygen atoms in total. The van der Waals surface area contributed by atoms with Gasteiger partial charge in [0.2, 0.25) is 0 Å². The van der Waals surface area contributed by atoms with Crippen LogP contribution >= 0.6 is 0 Å². The number of carbonyl (C=O) groups is 1. The number of amides is 1. The summed E-state index contributed by atoms with van der Waals surface area (Å²) in [6.07, 6.45) is -1.11. The van der Waals surface area contributed by atoms with E-state index < -0.39 is 6.09 Å². The fourth-order valence-corrected chi connectivity index (χ4v) is 0.386. The first-order valence-electron chi connectivity index (χ1n) is 2.69. The number of nitrogens with zero attached hydrogens (tertiary/aromatic N) is 1. The van der Waals surface area contributed by atoms with Gasteiger partial charge in [-0.15, -0.1) is 0 Å². The van der Waals surface area contributed by atoms with Crippen LogP contribution in [-0.4, -0.2) is 35.8 Å². The van der Waals surface area contributed by atoms with Crippen molar-refractivity contribution in [2.24, 2.45) is 0 Å². The predicted octanol–water partition coefficient (Wildman–Crippen LogP) is 0.0276. The zero-order chi connectivity index (χ0) is 7.98. The molecule has 1 N–H and O–H groups in total. The van der Waals surface area contributed by atoms with Crippen molar-refractivity contribution in [2.75, 3.05) is 13.3 Å². The third-order valence-electron chi connectivity index (χ3n) is 0.932. The van der Waals surface area contributed by atoms with Crippen molar-refractivity contribution in [1.29, 1.82) is 0 Å². The Bertz CT molecular complexity index is 125. The van der Waals surface area contributed by atoms with Gasteiger partial charge in [0.1, 0.15) is 0 Å². The second kappa shape index (κ2) is 4.60. The van der Waals surface area contributed by atoms with Crippen molar-refractivity contribution in [3.05, 3.63) is 0 Å². The van der Waals surface area contributed by atoms with Crippen LogP contribution in [0.1, 0.15) is 6.92 Å². The normalized spacial score (nSPS) is 8.50. The molecule has 1 radical (unpaired) electrons. The minimum atomic E-state index is -1.11. The third-order valence-corrected chi connectivity index (χ3v) is 0.932. The van der Waals surface area contributed by atoms with Gasteiger partial charge in [0.05, 0.1) is 0 Å². The van der Waals surface area contributed by atoms with E-state index in [1.807, 2.05) is 0 Å². The van der Waals surface area contributed by atoms with Gasteiger partial charge in [-0.3, -0.25) is 4.90 Å².